The lowest BCUT2D eigenvalue weighted by atomic mass is 9.94. The van der Waals surface area contributed by atoms with E-state index in [1.54, 1.807) is 0 Å². The molecule has 1 fully saturated rings. The summed E-state index contributed by atoms with van der Waals surface area (Å²) in [4.78, 5) is 14.7. The number of carbonyl (C=O) groups excluding carboxylic acids is 1. The van der Waals surface area contributed by atoms with E-state index in [4.69, 9.17) is 5.73 Å². The Bertz CT molecular complexity index is 706. The first-order valence-corrected chi connectivity index (χ1v) is 7.79. The van der Waals surface area contributed by atoms with Gasteiger partial charge < -0.3 is 10.6 Å². The Kier molecular flexibility index (Phi) is 3.99. The molecule has 1 aliphatic rings. The fourth-order valence-electron chi connectivity index (χ4n) is 2.94. The van der Waals surface area contributed by atoms with Crippen molar-refractivity contribution in [2.45, 2.75) is 26.3 Å². The van der Waals surface area contributed by atoms with Crippen LogP contribution in [0, 0.1) is 13.8 Å². The van der Waals surface area contributed by atoms with E-state index in [9.17, 15) is 4.79 Å². The van der Waals surface area contributed by atoms with Gasteiger partial charge in [-0.1, -0.05) is 36.4 Å². The summed E-state index contributed by atoms with van der Waals surface area (Å²) < 4.78 is 0. The number of hydrogen-bond donors (Lipinski definition) is 1. The summed E-state index contributed by atoms with van der Waals surface area (Å²) in [7, 11) is 0. The molecule has 1 aliphatic heterocycles. The maximum atomic E-state index is 12.8. The second-order valence-corrected chi connectivity index (χ2v) is 6.02. The number of likely N-dealkylation sites (tertiary alicyclic amines) is 1. The lowest BCUT2D eigenvalue weighted by molar-refractivity contribution is 0.0482. The minimum Gasteiger partial charge on any atom is -0.334 e. The van der Waals surface area contributed by atoms with Crippen LogP contribution in [-0.4, -0.2) is 29.9 Å². The van der Waals surface area contributed by atoms with E-state index < -0.39 is 0 Å². The van der Waals surface area contributed by atoms with Crippen LogP contribution in [0.2, 0.25) is 0 Å². The van der Waals surface area contributed by atoms with Crippen molar-refractivity contribution in [2.75, 3.05) is 13.1 Å². The average Bonchev–Trinajstić information content (AvgIpc) is 2.49. The number of benzene rings is 2. The van der Waals surface area contributed by atoms with Crippen molar-refractivity contribution in [3.05, 3.63) is 59.2 Å². The van der Waals surface area contributed by atoms with Crippen LogP contribution in [-0.2, 0) is 0 Å². The third kappa shape index (κ3) is 2.53. The molecular formula is C19H22N2O. The molecule has 1 saturated heterocycles. The van der Waals surface area contributed by atoms with Crippen LogP contribution >= 0.6 is 0 Å². The van der Waals surface area contributed by atoms with Gasteiger partial charge in [-0.25, -0.2) is 0 Å². The topological polar surface area (TPSA) is 46.3 Å². The molecule has 0 saturated carbocycles. The zero-order valence-electron chi connectivity index (χ0n) is 13.2. The number of nitrogens with zero attached hydrogens (tertiary/aromatic N) is 1. The van der Waals surface area contributed by atoms with Crippen LogP contribution < -0.4 is 5.73 Å². The standard InChI is InChI=1S/C19H22N2O/c1-13-7-8-15(11-14(13)2)17-5-3-4-6-18(17)19(22)21-10-9-16(21)12-20/h3-8,11,16H,9-10,12,20H2,1-2H3. The van der Waals surface area contributed by atoms with Crippen LogP contribution in [0.3, 0.4) is 0 Å². The van der Waals surface area contributed by atoms with Gasteiger partial charge in [-0.05, 0) is 48.6 Å². The Morgan fingerprint density at radius 3 is 2.59 bits per heavy atom. The van der Waals surface area contributed by atoms with Crippen molar-refractivity contribution in [1.82, 2.24) is 4.90 Å². The van der Waals surface area contributed by atoms with E-state index >= 15 is 0 Å². The first kappa shape index (κ1) is 14.8. The molecule has 1 atom stereocenters. The van der Waals surface area contributed by atoms with Gasteiger partial charge >= 0.3 is 0 Å². The molecule has 3 rings (SSSR count). The summed E-state index contributed by atoms with van der Waals surface area (Å²) in [6, 6.07) is 14.4. The third-order valence-electron chi connectivity index (χ3n) is 4.65. The van der Waals surface area contributed by atoms with Gasteiger partial charge in [0.1, 0.15) is 0 Å². The molecule has 22 heavy (non-hydrogen) atoms. The first-order valence-electron chi connectivity index (χ1n) is 7.79. The molecule has 2 aromatic carbocycles. The summed E-state index contributed by atoms with van der Waals surface area (Å²) in [6.07, 6.45) is 1.01. The summed E-state index contributed by atoms with van der Waals surface area (Å²) in [5, 5.41) is 0. The fraction of sp³-hybridized carbons (Fsp3) is 0.316. The van der Waals surface area contributed by atoms with E-state index in [2.05, 4.69) is 32.0 Å². The molecule has 0 bridgehead atoms. The molecule has 114 valence electrons. The van der Waals surface area contributed by atoms with Gasteiger partial charge in [-0.3, -0.25) is 4.79 Å². The quantitative estimate of drug-likeness (QED) is 0.945. The predicted octanol–water partition coefficient (Wildman–Crippen LogP) is 3.14. The molecule has 1 amide bonds. The van der Waals surface area contributed by atoms with Gasteiger partial charge in [0.15, 0.2) is 0 Å². The zero-order chi connectivity index (χ0) is 15.7. The lowest BCUT2D eigenvalue weighted by Crippen LogP contribution is -2.54. The Labute approximate surface area is 131 Å². The molecule has 2 N–H and O–H groups in total. The number of nitrogens with two attached hydrogens (primary N) is 1. The molecule has 0 spiro atoms. The summed E-state index contributed by atoms with van der Waals surface area (Å²) in [6.45, 7) is 5.55. The number of carbonyl (C=O) groups is 1. The summed E-state index contributed by atoms with van der Waals surface area (Å²) >= 11 is 0. The van der Waals surface area contributed by atoms with Gasteiger partial charge in [0, 0.05) is 24.7 Å². The van der Waals surface area contributed by atoms with Gasteiger partial charge in [0.25, 0.3) is 5.91 Å². The number of hydrogen-bond acceptors (Lipinski definition) is 2. The Hall–Kier alpha value is -2.13. The highest BCUT2D eigenvalue weighted by Crippen LogP contribution is 2.29. The number of rotatable bonds is 3. The summed E-state index contributed by atoms with van der Waals surface area (Å²) in [5.41, 5.74) is 11.1. The highest BCUT2D eigenvalue weighted by molar-refractivity contribution is 6.01. The molecular weight excluding hydrogens is 272 g/mol. The predicted molar refractivity (Wildman–Crippen MR) is 89.8 cm³/mol. The van der Waals surface area contributed by atoms with Crippen molar-refractivity contribution < 1.29 is 4.79 Å². The Morgan fingerprint density at radius 1 is 1.18 bits per heavy atom. The summed E-state index contributed by atoms with van der Waals surface area (Å²) in [5.74, 6) is 0.0931. The third-order valence-corrected chi connectivity index (χ3v) is 4.65. The van der Waals surface area contributed by atoms with Crippen LogP contribution in [0.25, 0.3) is 11.1 Å². The maximum absolute atomic E-state index is 12.8. The van der Waals surface area contributed by atoms with E-state index in [1.807, 2.05) is 29.2 Å². The van der Waals surface area contributed by atoms with E-state index in [0.29, 0.717) is 6.54 Å². The van der Waals surface area contributed by atoms with Crippen molar-refractivity contribution in [3.8, 4) is 11.1 Å². The van der Waals surface area contributed by atoms with Crippen LogP contribution in [0.1, 0.15) is 27.9 Å². The van der Waals surface area contributed by atoms with Crippen LogP contribution in [0.15, 0.2) is 42.5 Å². The van der Waals surface area contributed by atoms with Crippen LogP contribution in [0.5, 0.6) is 0 Å². The Balaban J connectivity index is 1.99. The molecule has 0 aliphatic carbocycles. The number of aryl methyl sites for hydroxylation is 2. The van der Waals surface area contributed by atoms with Gasteiger partial charge in [0.2, 0.25) is 0 Å². The molecule has 2 aromatic rings. The molecule has 3 nitrogen and oxygen atoms in total. The van der Waals surface area contributed by atoms with Crippen molar-refractivity contribution >= 4 is 5.91 Å². The van der Waals surface area contributed by atoms with Crippen LogP contribution in [0.4, 0.5) is 0 Å². The van der Waals surface area contributed by atoms with Gasteiger partial charge in [-0.15, -0.1) is 0 Å². The van der Waals surface area contributed by atoms with Gasteiger partial charge in [0.05, 0.1) is 0 Å². The molecule has 3 heteroatoms. The zero-order valence-corrected chi connectivity index (χ0v) is 13.2. The lowest BCUT2D eigenvalue weighted by Gasteiger charge is -2.40. The SMILES string of the molecule is Cc1ccc(-c2ccccc2C(=O)N2CCC2CN)cc1C. The van der Waals surface area contributed by atoms with Crippen molar-refractivity contribution in [3.63, 3.8) is 0 Å². The average molecular weight is 294 g/mol. The molecule has 0 radical (unpaired) electrons. The molecule has 1 heterocycles. The van der Waals surface area contributed by atoms with E-state index in [0.717, 1.165) is 29.7 Å². The molecule has 1 unspecified atom stereocenters. The highest BCUT2D eigenvalue weighted by atomic mass is 16.2. The fourth-order valence-corrected chi connectivity index (χ4v) is 2.94. The smallest absolute Gasteiger partial charge is 0.254 e. The second-order valence-electron chi connectivity index (χ2n) is 6.02. The minimum atomic E-state index is 0.0931. The van der Waals surface area contributed by atoms with E-state index in [1.165, 1.54) is 11.1 Å². The maximum Gasteiger partial charge on any atom is 0.254 e. The first-order chi connectivity index (χ1) is 10.6. The normalized spacial score (nSPS) is 17.2. The highest BCUT2D eigenvalue weighted by Gasteiger charge is 2.32. The van der Waals surface area contributed by atoms with Gasteiger partial charge in [-0.2, -0.15) is 0 Å². The minimum absolute atomic E-state index is 0.0931. The number of amides is 1. The van der Waals surface area contributed by atoms with Crippen molar-refractivity contribution in [1.29, 1.82) is 0 Å². The monoisotopic (exact) mass is 294 g/mol. The molecule has 0 aromatic heterocycles. The Morgan fingerprint density at radius 2 is 1.95 bits per heavy atom. The van der Waals surface area contributed by atoms with Crippen molar-refractivity contribution in [2.24, 2.45) is 5.73 Å². The largest absolute Gasteiger partial charge is 0.334 e. The van der Waals surface area contributed by atoms with E-state index in [-0.39, 0.29) is 11.9 Å². The second kappa shape index (κ2) is 5.93.